The Balaban J connectivity index is 0.000000364. The molecule has 1 heterocycles. The third-order valence-corrected chi connectivity index (χ3v) is 2.28. The van der Waals surface area contributed by atoms with E-state index in [1.54, 1.807) is 0 Å². The van der Waals surface area contributed by atoms with Crippen LogP contribution in [0.2, 0.25) is 0 Å². The summed E-state index contributed by atoms with van der Waals surface area (Å²) in [4.78, 5) is 8.36. The molecule has 1 saturated heterocycles. The molecule has 2 N–H and O–H groups in total. The van der Waals surface area contributed by atoms with Crippen molar-refractivity contribution in [1.29, 1.82) is 0 Å². The number of nitrogens with one attached hydrogen (secondary N) is 1. The van der Waals surface area contributed by atoms with Gasteiger partial charge >= 0.3 is 0 Å². The Morgan fingerprint density at radius 2 is 1.50 bits per heavy atom. The van der Waals surface area contributed by atoms with Gasteiger partial charge in [-0.3, -0.25) is 0 Å². The second kappa shape index (κ2) is 4.59. The van der Waals surface area contributed by atoms with Gasteiger partial charge in [0.1, 0.15) is 0 Å². The molecule has 0 unspecified atom stereocenters. The van der Waals surface area contributed by atoms with Crippen LogP contribution in [0.15, 0.2) is 0 Å². The minimum absolute atomic E-state index is 0.363. The molecule has 84 valence electrons. The largest absolute Gasteiger partial charge is 0.328 e. The van der Waals surface area contributed by atoms with Crippen molar-refractivity contribution in [3.05, 3.63) is 10.1 Å². The number of nitrogens with zero attached hydrogens (tertiary/aromatic N) is 1. The highest BCUT2D eigenvalue weighted by molar-refractivity contribution is 4.92. The Hall–Kier alpha value is -0.840. The summed E-state index contributed by atoms with van der Waals surface area (Å²) in [6.07, 6.45) is 4.00. The van der Waals surface area contributed by atoms with Gasteiger partial charge in [0.2, 0.25) is 0 Å². The zero-order valence-electron chi connectivity index (χ0n) is 9.33. The minimum atomic E-state index is -1.50. The van der Waals surface area contributed by atoms with Gasteiger partial charge in [-0.15, -0.1) is 10.1 Å². The van der Waals surface area contributed by atoms with Crippen LogP contribution in [0.5, 0.6) is 0 Å². The Labute approximate surface area is 84.6 Å². The van der Waals surface area contributed by atoms with Gasteiger partial charge in [0.05, 0.1) is 0 Å². The van der Waals surface area contributed by atoms with E-state index in [1.807, 2.05) is 0 Å². The van der Waals surface area contributed by atoms with E-state index in [0.29, 0.717) is 11.1 Å². The molecule has 5 nitrogen and oxygen atoms in total. The van der Waals surface area contributed by atoms with Crippen molar-refractivity contribution in [3.8, 4) is 0 Å². The second-order valence-corrected chi connectivity index (χ2v) is 4.98. The molecule has 0 radical (unpaired) electrons. The monoisotopic (exact) mass is 204 g/mol. The molecular formula is C9H20N2O3. The van der Waals surface area contributed by atoms with Gasteiger partial charge in [-0.25, -0.2) is 0 Å². The third-order valence-electron chi connectivity index (χ3n) is 2.28. The van der Waals surface area contributed by atoms with E-state index in [4.69, 9.17) is 15.3 Å². The Morgan fingerprint density at radius 1 is 1.21 bits per heavy atom. The molecule has 5 heteroatoms. The third kappa shape index (κ3) is 6.65. The predicted octanol–water partition coefficient (Wildman–Crippen LogP) is 1.97. The van der Waals surface area contributed by atoms with Crippen LogP contribution in [-0.4, -0.2) is 21.4 Å². The van der Waals surface area contributed by atoms with Crippen LogP contribution >= 0.6 is 0 Å². The van der Waals surface area contributed by atoms with Crippen LogP contribution < -0.4 is 5.32 Å². The average molecular weight is 204 g/mol. The summed E-state index contributed by atoms with van der Waals surface area (Å²) in [6.45, 7) is 9.14. The van der Waals surface area contributed by atoms with Crippen molar-refractivity contribution in [1.82, 2.24) is 5.32 Å². The molecule has 1 rings (SSSR count). The van der Waals surface area contributed by atoms with Crippen molar-refractivity contribution < 1.29 is 10.3 Å². The molecule has 1 fully saturated rings. The molecule has 0 saturated carbocycles. The molecule has 1 aliphatic heterocycles. The summed E-state index contributed by atoms with van der Waals surface area (Å²) in [5.41, 5.74) is 0.726. The fourth-order valence-corrected chi connectivity index (χ4v) is 2.01. The van der Waals surface area contributed by atoms with E-state index in [0.717, 1.165) is 0 Å². The van der Waals surface area contributed by atoms with E-state index in [-0.39, 0.29) is 0 Å². The molecule has 0 amide bonds. The molecular weight excluding hydrogens is 184 g/mol. The zero-order chi connectivity index (χ0) is 11.4. The first-order valence-electron chi connectivity index (χ1n) is 4.77. The van der Waals surface area contributed by atoms with Crippen LogP contribution in [0.4, 0.5) is 0 Å². The van der Waals surface area contributed by atoms with Crippen molar-refractivity contribution in [2.24, 2.45) is 0 Å². The molecule has 14 heavy (non-hydrogen) atoms. The van der Waals surface area contributed by atoms with E-state index in [9.17, 15) is 0 Å². The Kier molecular flexibility index (Phi) is 4.32. The molecule has 0 aromatic rings. The van der Waals surface area contributed by atoms with Gasteiger partial charge in [0, 0.05) is 11.1 Å². The lowest BCUT2D eigenvalue weighted by molar-refractivity contribution is -0.742. The number of rotatable bonds is 0. The summed E-state index contributed by atoms with van der Waals surface area (Å²) < 4.78 is 0. The Morgan fingerprint density at radius 3 is 1.64 bits per heavy atom. The predicted molar refractivity (Wildman–Crippen MR) is 53.9 cm³/mol. The maximum atomic E-state index is 8.36. The summed E-state index contributed by atoms with van der Waals surface area (Å²) in [5.74, 6) is 0. The first-order valence-corrected chi connectivity index (χ1v) is 4.77. The molecule has 0 aromatic heterocycles. The van der Waals surface area contributed by atoms with Gasteiger partial charge in [0.15, 0.2) is 0 Å². The average Bonchev–Trinajstić information content (AvgIpc) is 1.78. The maximum Gasteiger partial charge on any atom is 0.291 e. The van der Waals surface area contributed by atoms with Crippen LogP contribution in [0.1, 0.15) is 47.0 Å². The van der Waals surface area contributed by atoms with Crippen LogP contribution in [0.3, 0.4) is 0 Å². The van der Waals surface area contributed by atoms with Crippen molar-refractivity contribution >= 4 is 0 Å². The Bertz CT molecular complexity index is 184. The fourth-order valence-electron chi connectivity index (χ4n) is 2.01. The summed E-state index contributed by atoms with van der Waals surface area (Å²) >= 11 is 0. The maximum absolute atomic E-state index is 8.36. The number of hydrogen-bond acceptors (Lipinski definition) is 3. The van der Waals surface area contributed by atoms with E-state index in [2.05, 4.69) is 33.0 Å². The highest BCUT2D eigenvalue weighted by Gasteiger charge is 2.31. The van der Waals surface area contributed by atoms with Gasteiger partial charge in [-0.2, -0.15) is 0 Å². The van der Waals surface area contributed by atoms with E-state index in [1.165, 1.54) is 19.3 Å². The van der Waals surface area contributed by atoms with Crippen LogP contribution in [-0.2, 0) is 0 Å². The molecule has 0 atom stereocenters. The number of piperidine rings is 1. The first kappa shape index (κ1) is 13.2. The smallest absolute Gasteiger partial charge is 0.291 e. The van der Waals surface area contributed by atoms with Gasteiger partial charge in [-0.05, 0) is 47.0 Å². The highest BCUT2D eigenvalue weighted by Crippen LogP contribution is 2.27. The molecule has 0 spiro atoms. The fraction of sp³-hybridized carbons (Fsp3) is 1.00. The molecule has 0 aliphatic carbocycles. The van der Waals surface area contributed by atoms with Gasteiger partial charge in [-0.1, -0.05) is 0 Å². The van der Waals surface area contributed by atoms with E-state index < -0.39 is 5.09 Å². The summed E-state index contributed by atoms with van der Waals surface area (Å²) in [6, 6.07) is 0. The topological polar surface area (TPSA) is 75.4 Å². The second-order valence-electron chi connectivity index (χ2n) is 4.98. The SMILES string of the molecule is CC1(C)CCCC(C)(C)N1.O=[N+]([O-])O. The lowest BCUT2D eigenvalue weighted by atomic mass is 9.83. The van der Waals surface area contributed by atoms with Crippen molar-refractivity contribution in [2.75, 3.05) is 0 Å². The molecule has 0 bridgehead atoms. The van der Waals surface area contributed by atoms with Crippen molar-refractivity contribution in [2.45, 2.75) is 58.0 Å². The molecule has 1 aliphatic rings. The lowest BCUT2D eigenvalue weighted by Gasteiger charge is -2.42. The standard InChI is InChI=1S/C9H19N.HNO3/c1-8(2)6-5-7-9(3,4)10-8;2-1(3)4/h10H,5-7H2,1-4H3;(H,2,3,4). The summed E-state index contributed by atoms with van der Waals surface area (Å²) in [5, 5.41) is 17.3. The zero-order valence-corrected chi connectivity index (χ0v) is 9.33. The van der Waals surface area contributed by atoms with E-state index >= 15 is 0 Å². The summed E-state index contributed by atoms with van der Waals surface area (Å²) in [7, 11) is 0. The van der Waals surface area contributed by atoms with Crippen LogP contribution in [0, 0.1) is 10.1 Å². The lowest BCUT2D eigenvalue weighted by Crippen LogP contribution is -2.55. The minimum Gasteiger partial charge on any atom is -0.328 e. The quantitative estimate of drug-likeness (QED) is 0.467. The first-order chi connectivity index (χ1) is 6.15. The van der Waals surface area contributed by atoms with Crippen molar-refractivity contribution in [3.63, 3.8) is 0 Å². The highest BCUT2D eigenvalue weighted by atomic mass is 16.9. The number of hydrogen-bond donors (Lipinski definition) is 2. The van der Waals surface area contributed by atoms with Crippen LogP contribution in [0.25, 0.3) is 0 Å². The van der Waals surface area contributed by atoms with Gasteiger partial charge < -0.3 is 10.5 Å². The molecule has 0 aromatic carbocycles. The normalized spacial score (nSPS) is 23.1. The van der Waals surface area contributed by atoms with Gasteiger partial charge in [0.25, 0.3) is 5.09 Å².